The van der Waals surface area contributed by atoms with Crippen LogP contribution in [0.1, 0.15) is 55.1 Å². The Kier molecular flexibility index (Phi) is 5.08. The summed E-state index contributed by atoms with van der Waals surface area (Å²) in [7, 11) is 3.47. The van der Waals surface area contributed by atoms with Crippen LogP contribution >= 0.6 is 0 Å². The van der Waals surface area contributed by atoms with Crippen LogP contribution in [0, 0.1) is 17.8 Å². The maximum Gasteiger partial charge on any atom is 0.119 e. The largest absolute Gasteiger partial charge is 0.497 e. The quantitative estimate of drug-likeness (QED) is 0.845. The molecule has 0 amide bonds. The minimum atomic E-state index is 0.211. The van der Waals surface area contributed by atoms with Gasteiger partial charge in [-0.1, -0.05) is 25.0 Å². The molecule has 0 saturated heterocycles. The van der Waals surface area contributed by atoms with Crippen molar-refractivity contribution in [2.24, 2.45) is 17.8 Å². The molecule has 0 heterocycles. The molecule has 26 heavy (non-hydrogen) atoms. The molecule has 1 unspecified atom stereocenters. The Morgan fingerprint density at radius 1 is 1.08 bits per heavy atom. The van der Waals surface area contributed by atoms with Gasteiger partial charge in [-0.3, -0.25) is 0 Å². The summed E-state index contributed by atoms with van der Waals surface area (Å²) in [5.74, 6) is 4.33. The van der Waals surface area contributed by atoms with Gasteiger partial charge in [-0.25, -0.2) is 0 Å². The number of aliphatic hydroxyl groups is 1. The number of rotatable bonds is 4. The van der Waals surface area contributed by atoms with E-state index in [1.165, 1.54) is 36.8 Å². The maximum atomic E-state index is 10.4. The van der Waals surface area contributed by atoms with E-state index in [9.17, 15) is 5.11 Å². The van der Waals surface area contributed by atoms with E-state index >= 15 is 0 Å². The monoisotopic (exact) mass is 354 g/mol. The summed E-state index contributed by atoms with van der Waals surface area (Å²) >= 11 is 0. The van der Waals surface area contributed by atoms with Gasteiger partial charge in [-0.15, -0.1) is 0 Å². The van der Waals surface area contributed by atoms with E-state index in [0.717, 1.165) is 17.9 Å². The lowest BCUT2D eigenvalue weighted by atomic mass is 9.56. The fourth-order valence-electron chi connectivity index (χ4n) is 5.74. The third-order valence-corrected chi connectivity index (χ3v) is 6.90. The Labute approximate surface area is 156 Å². The number of benzene rings is 1. The van der Waals surface area contributed by atoms with E-state index in [1.807, 2.05) is 0 Å². The minimum Gasteiger partial charge on any atom is -0.497 e. The van der Waals surface area contributed by atoms with E-state index in [2.05, 4.69) is 36.4 Å². The van der Waals surface area contributed by atoms with Gasteiger partial charge < -0.3 is 14.6 Å². The molecule has 1 N–H and O–H groups in total. The molecule has 1 aromatic rings. The minimum absolute atomic E-state index is 0.211. The van der Waals surface area contributed by atoms with Crippen molar-refractivity contribution in [1.29, 1.82) is 0 Å². The van der Waals surface area contributed by atoms with Gasteiger partial charge in [0.15, 0.2) is 0 Å². The summed E-state index contributed by atoms with van der Waals surface area (Å²) in [6.07, 6.45) is 12.8. The predicted molar refractivity (Wildman–Crippen MR) is 103 cm³/mol. The average Bonchev–Trinajstić information content (AvgIpc) is 2.72. The molecule has 1 saturated carbocycles. The Morgan fingerprint density at radius 2 is 1.92 bits per heavy atom. The third-order valence-electron chi connectivity index (χ3n) is 6.90. The molecule has 140 valence electrons. The zero-order valence-electron chi connectivity index (χ0n) is 15.9. The number of methoxy groups -OCH3 is 2. The van der Waals surface area contributed by atoms with Crippen molar-refractivity contribution in [3.63, 3.8) is 0 Å². The number of aliphatic hydroxyl groups excluding tert-OH is 1. The molecule has 0 radical (unpaired) electrons. The van der Waals surface area contributed by atoms with Crippen LogP contribution in [0.2, 0.25) is 0 Å². The highest BCUT2D eigenvalue weighted by atomic mass is 16.5. The molecule has 4 rings (SSSR count). The van der Waals surface area contributed by atoms with Crippen LogP contribution in [0.25, 0.3) is 0 Å². The van der Waals surface area contributed by atoms with E-state index in [0.29, 0.717) is 23.7 Å². The van der Waals surface area contributed by atoms with Crippen LogP contribution in [0.4, 0.5) is 0 Å². The van der Waals surface area contributed by atoms with Gasteiger partial charge in [-0.2, -0.15) is 0 Å². The number of ether oxygens (including phenoxy) is 2. The van der Waals surface area contributed by atoms with Gasteiger partial charge in [0, 0.05) is 5.92 Å². The lowest BCUT2D eigenvalue weighted by molar-refractivity contribution is 0.0934. The van der Waals surface area contributed by atoms with Gasteiger partial charge >= 0.3 is 0 Å². The zero-order chi connectivity index (χ0) is 18.1. The number of hydrogen-bond donors (Lipinski definition) is 1. The van der Waals surface area contributed by atoms with Gasteiger partial charge in [0.2, 0.25) is 0 Å². The highest BCUT2D eigenvalue weighted by Gasteiger charge is 2.45. The van der Waals surface area contributed by atoms with Crippen LogP contribution in [-0.2, 0) is 4.74 Å². The smallest absolute Gasteiger partial charge is 0.119 e. The van der Waals surface area contributed by atoms with Crippen LogP contribution in [0.3, 0.4) is 0 Å². The highest BCUT2D eigenvalue weighted by Crippen LogP contribution is 2.56. The molecular weight excluding hydrogens is 324 g/mol. The summed E-state index contributed by atoms with van der Waals surface area (Å²) in [4.78, 5) is 0. The molecule has 0 spiro atoms. The molecule has 3 aliphatic rings. The maximum absolute atomic E-state index is 10.4. The molecule has 0 aromatic heterocycles. The number of fused-ring (bicyclic) bond motifs is 3. The molecule has 3 heteroatoms. The fraction of sp³-hybridized carbons (Fsp3) is 0.565. The van der Waals surface area contributed by atoms with Gasteiger partial charge in [0.25, 0.3) is 0 Å². The molecule has 1 fully saturated rings. The molecule has 0 aliphatic heterocycles. The summed E-state index contributed by atoms with van der Waals surface area (Å²) in [6, 6.07) is 6.49. The molecule has 5 atom stereocenters. The molecule has 0 bridgehead atoms. The second-order valence-corrected chi connectivity index (χ2v) is 7.99. The molecule has 3 aliphatic carbocycles. The van der Waals surface area contributed by atoms with Crippen LogP contribution in [-0.4, -0.2) is 25.9 Å². The number of allylic oxidation sites excluding steroid dienone is 3. The molecule has 3 nitrogen and oxygen atoms in total. The summed E-state index contributed by atoms with van der Waals surface area (Å²) in [5.41, 5.74) is 2.77. The zero-order valence-corrected chi connectivity index (χ0v) is 15.9. The van der Waals surface area contributed by atoms with Crippen molar-refractivity contribution in [2.75, 3.05) is 20.8 Å². The molecular formula is C23H30O3. The first-order valence-corrected chi connectivity index (χ1v) is 9.97. The van der Waals surface area contributed by atoms with Crippen LogP contribution in [0.5, 0.6) is 5.75 Å². The van der Waals surface area contributed by atoms with Crippen molar-refractivity contribution in [3.8, 4) is 5.75 Å². The van der Waals surface area contributed by atoms with Crippen molar-refractivity contribution in [3.05, 3.63) is 53.3 Å². The van der Waals surface area contributed by atoms with Gasteiger partial charge in [0.05, 0.1) is 20.8 Å². The predicted octanol–water partition coefficient (Wildman–Crippen LogP) is 4.78. The Hall–Kier alpha value is -1.74. The lowest BCUT2D eigenvalue weighted by Crippen LogP contribution is -2.40. The fourth-order valence-corrected chi connectivity index (χ4v) is 5.74. The standard InChI is InChI=1S/C23H30O3/c1-25-16-9-7-15(8-10-16)23-20-6-4-3-5-18(20)21-13-17(26-2)11-12-19(21)22(23)14-24/h7,9-13,15,18,20,22-24H,3-6,8,14H2,1-2H3/t15?,18-,20+,22-,23+/m1/s1. The van der Waals surface area contributed by atoms with Crippen molar-refractivity contribution in [1.82, 2.24) is 0 Å². The first kappa shape index (κ1) is 17.7. The average molecular weight is 354 g/mol. The van der Waals surface area contributed by atoms with E-state index < -0.39 is 0 Å². The Morgan fingerprint density at radius 3 is 2.62 bits per heavy atom. The van der Waals surface area contributed by atoms with E-state index in [4.69, 9.17) is 9.47 Å². The van der Waals surface area contributed by atoms with Crippen LogP contribution in [0.15, 0.2) is 42.2 Å². The van der Waals surface area contributed by atoms with E-state index in [1.54, 1.807) is 14.2 Å². The summed E-state index contributed by atoms with van der Waals surface area (Å²) < 4.78 is 10.9. The Balaban J connectivity index is 1.74. The van der Waals surface area contributed by atoms with Crippen molar-refractivity contribution >= 4 is 0 Å². The van der Waals surface area contributed by atoms with Gasteiger partial charge in [0.1, 0.15) is 11.5 Å². The third kappa shape index (κ3) is 2.96. The normalized spacial score (nSPS) is 33.0. The second-order valence-electron chi connectivity index (χ2n) is 7.99. The van der Waals surface area contributed by atoms with Crippen LogP contribution < -0.4 is 4.74 Å². The van der Waals surface area contributed by atoms with E-state index in [-0.39, 0.29) is 12.5 Å². The molecule has 1 aromatic carbocycles. The van der Waals surface area contributed by atoms with Gasteiger partial charge in [-0.05, 0) is 78.3 Å². The van der Waals surface area contributed by atoms with Crippen molar-refractivity contribution in [2.45, 2.75) is 43.9 Å². The summed E-state index contributed by atoms with van der Waals surface area (Å²) in [5, 5.41) is 10.4. The Bertz CT molecular complexity index is 705. The van der Waals surface area contributed by atoms with Crippen molar-refractivity contribution < 1.29 is 14.6 Å². The number of hydrogen-bond acceptors (Lipinski definition) is 3. The first-order chi connectivity index (χ1) is 12.8. The SMILES string of the molecule is COC1=CCC([C@H]2[C@H]3CCCC[C@H]3c3cc(OC)ccc3[C@H]2CO)C=C1. The lowest BCUT2D eigenvalue weighted by Gasteiger charge is -2.49. The second kappa shape index (κ2) is 7.48. The first-order valence-electron chi connectivity index (χ1n) is 9.97. The summed E-state index contributed by atoms with van der Waals surface area (Å²) in [6.45, 7) is 0.221. The highest BCUT2D eigenvalue weighted by molar-refractivity contribution is 5.44. The topological polar surface area (TPSA) is 38.7 Å².